The predicted octanol–water partition coefficient (Wildman–Crippen LogP) is 4.99. The number of nitrogens with zero attached hydrogens (tertiary/aromatic N) is 1. The van der Waals surface area contributed by atoms with E-state index in [-0.39, 0.29) is 0 Å². The highest BCUT2D eigenvalue weighted by Crippen LogP contribution is 2.35. The van der Waals surface area contributed by atoms with Gasteiger partial charge in [-0.3, -0.25) is 0 Å². The topological polar surface area (TPSA) is 12.9 Å². The summed E-state index contributed by atoms with van der Waals surface area (Å²) < 4.78 is 0. The third-order valence-corrected chi connectivity index (χ3v) is 5.84. The van der Waals surface area contributed by atoms with Crippen molar-refractivity contribution in [3.63, 3.8) is 0 Å². The second-order valence-electron chi connectivity index (χ2n) is 4.75. The van der Waals surface area contributed by atoms with Crippen molar-refractivity contribution in [1.82, 2.24) is 4.98 Å². The Kier molecular flexibility index (Phi) is 6.01. The van der Waals surface area contributed by atoms with Crippen LogP contribution in [0, 0.1) is 19.3 Å². The number of aromatic nitrogens is 1. The minimum absolute atomic E-state index is 0.407. The fraction of sp³-hybridized carbons (Fsp3) is 0.643. The Hall–Kier alpha value is -0.0200. The lowest BCUT2D eigenvalue weighted by Crippen LogP contribution is -2.23. The standard InChI is InChI=1S/C14H22BrNS/c1-5-14(6-2,9-15)10-17-13-8-11(3)7-12(4)16-13/h7-8H,5-6,9-10H2,1-4H3. The normalized spacial score (nSPS) is 11.8. The average molecular weight is 316 g/mol. The SMILES string of the molecule is CCC(CC)(CBr)CSc1cc(C)cc(C)n1. The van der Waals surface area contributed by atoms with E-state index in [4.69, 9.17) is 0 Å². The molecule has 1 nitrogen and oxygen atoms in total. The molecule has 1 aromatic rings. The van der Waals surface area contributed by atoms with Gasteiger partial charge in [-0.25, -0.2) is 4.98 Å². The number of rotatable bonds is 6. The molecule has 0 spiro atoms. The van der Waals surface area contributed by atoms with Crippen LogP contribution >= 0.6 is 27.7 Å². The fourth-order valence-corrected chi connectivity index (χ4v) is 4.48. The van der Waals surface area contributed by atoms with Crippen LogP contribution in [0.5, 0.6) is 0 Å². The Bertz CT molecular complexity index is 333. The average Bonchev–Trinajstić information content (AvgIpc) is 2.30. The van der Waals surface area contributed by atoms with Crippen molar-refractivity contribution in [1.29, 1.82) is 0 Å². The van der Waals surface area contributed by atoms with E-state index in [0.29, 0.717) is 5.41 Å². The number of hydrogen-bond donors (Lipinski definition) is 0. The number of hydrogen-bond acceptors (Lipinski definition) is 2. The lowest BCUT2D eigenvalue weighted by atomic mass is 9.87. The maximum Gasteiger partial charge on any atom is 0.0965 e. The molecular weight excluding hydrogens is 294 g/mol. The van der Waals surface area contributed by atoms with E-state index < -0.39 is 0 Å². The molecule has 1 rings (SSSR count). The van der Waals surface area contributed by atoms with Gasteiger partial charge in [0.1, 0.15) is 0 Å². The highest BCUT2D eigenvalue weighted by molar-refractivity contribution is 9.09. The van der Waals surface area contributed by atoms with Crippen molar-refractivity contribution < 1.29 is 0 Å². The summed E-state index contributed by atoms with van der Waals surface area (Å²) in [5, 5.41) is 2.24. The monoisotopic (exact) mass is 315 g/mol. The number of alkyl halides is 1. The van der Waals surface area contributed by atoms with Gasteiger partial charge < -0.3 is 0 Å². The molecule has 0 amide bonds. The summed E-state index contributed by atoms with van der Waals surface area (Å²) in [5.74, 6) is 1.14. The first-order chi connectivity index (χ1) is 8.05. The first-order valence-electron chi connectivity index (χ1n) is 6.19. The minimum atomic E-state index is 0.407. The van der Waals surface area contributed by atoms with Crippen molar-refractivity contribution in [2.75, 3.05) is 11.1 Å². The van der Waals surface area contributed by atoms with Crippen LogP contribution in [0.3, 0.4) is 0 Å². The van der Waals surface area contributed by atoms with Crippen LogP contribution in [0.15, 0.2) is 17.2 Å². The second-order valence-corrected chi connectivity index (χ2v) is 6.31. The summed E-state index contributed by atoms with van der Waals surface area (Å²) >= 11 is 5.55. The summed E-state index contributed by atoms with van der Waals surface area (Å²) in [6, 6.07) is 4.31. The van der Waals surface area contributed by atoms with Gasteiger partial charge >= 0.3 is 0 Å². The lowest BCUT2D eigenvalue weighted by Gasteiger charge is -2.28. The van der Waals surface area contributed by atoms with E-state index in [1.54, 1.807) is 0 Å². The van der Waals surface area contributed by atoms with E-state index in [0.717, 1.165) is 21.8 Å². The third-order valence-electron chi connectivity index (χ3n) is 3.38. The number of pyridine rings is 1. The number of halogens is 1. The largest absolute Gasteiger partial charge is 0.247 e. The van der Waals surface area contributed by atoms with E-state index in [9.17, 15) is 0 Å². The maximum absolute atomic E-state index is 4.59. The van der Waals surface area contributed by atoms with Gasteiger partial charge in [-0.2, -0.15) is 0 Å². The van der Waals surface area contributed by atoms with Crippen LogP contribution in [-0.2, 0) is 0 Å². The zero-order valence-corrected chi connectivity index (χ0v) is 13.6. The summed E-state index contributed by atoms with van der Waals surface area (Å²) in [6.45, 7) is 8.76. The van der Waals surface area contributed by atoms with Gasteiger partial charge in [-0.1, -0.05) is 29.8 Å². The molecule has 0 fully saturated rings. The Morgan fingerprint density at radius 1 is 1.24 bits per heavy atom. The third kappa shape index (κ3) is 4.29. The number of thioether (sulfide) groups is 1. The molecule has 0 atom stereocenters. The van der Waals surface area contributed by atoms with E-state index in [2.05, 4.69) is 60.7 Å². The van der Waals surface area contributed by atoms with Crippen LogP contribution in [-0.4, -0.2) is 16.1 Å². The molecule has 0 saturated carbocycles. The zero-order chi connectivity index (χ0) is 12.9. The molecule has 0 aromatic carbocycles. The Morgan fingerprint density at radius 3 is 2.35 bits per heavy atom. The van der Waals surface area contributed by atoms with E-state index >= 15 is 0 Å². The highest BCUT2D eigenvalue weighted by atomic mass is 79.9. The van der Waals surface area contributed by atoms with Crippen molar-refractivity contribution in [2.24, 2.45) is 5.41 Å². The van der Waals surface area contributed by atoms with Crippen molar-refractivity contribution in [2.45, 2.75) is 45.6 Å². The van der Waals surface area contributed by atoms with Gasteiger partial charge in [0.2, 0.25) is 0 Å². The molecule has 0 saturated heterocycles. The summed E-state index contributed by atoms with van der Waals surface area (Å²) in [4.78, 5) is 4.59. The second kappa shape index (κ2) is 6.79. The van der Waals surface area contributed by atoms with Gasteiger partial charge in [-0.15, -0.1) is 11.8 Å². The fourth-order valence-electron chi connectivity index (χ4n) is 1.79. The summed E-state index contributed by atoms with van der Waals surface area (Å²) in [6.07, 6.45) is 2.43. The van der Waals surface area contributed by atoms with Crippen LogP contribution in [0.1, 0.15) is 37.9 Å². The Balaban J connectivity index is 2.71. The molecule has 0 N–H and O–H groups in total. The molecular formula is C14H22BrNS. The van der Waals surface area contributed by atoms with Crippen molar-refractivity contribution in [3.05, 3.63) is 23.4 Å². The van der Waals surface area contributed by atoms with Gasteiger partial charge in [-0.05, 0) is 49.8 Å². The quantitative estimate of drug-likeness (QED) is 0.541. The lowest BCUT2D eigenvalue weighted by molar-refractivity contribution is 0.359. The van der Waals surface area contributed by atoms with Crippen molar-refractivity contribution in [3.8, 4) is 0 Å². The van der Waals surface area contributed by atoms with Gasteiger partial charge in [0, 0.05) is 16.8 Å². The minimum Gasteiger partial charge on any atom is -0.247 e. The van der Waals surface area contributed by atoms with Crippen LogP contribution < -0.4 is 0 Å². The van der Waals surface area contributed by atoms with E-state index in [1.165, 1.54) is 18.4 Å². The first kappa shape index (κ1) is 15.0. The molecule has 0 unspecified atom stereocenters. The maximum atomic E-state index is 4.59. The zero-order valence-electron chi connectivity index (χ0n) is 11.2. The van der Waals surface area contributed by atoms with Gasteiger partial charge in [0.15, 0.2) is 0 Å². The predicted molar refractivity (Wildman–Crippen MR) is 81.2 cm³/mol. The van der Waals surface area contributed by atoms with Crippen LogP contribution in [0.2, 0.25) is 0 Å². The van der Waals surface area contributed by atoms with E-state index in [1.807, 2.05) is 11.8 Å². The van der Waals surface area contributed by atoms with Crippen molar-refractivity contribution >= 4 is 27.7 Å². The summed E-state index contributed by atoms with van der Waals surface area (Å²) in [5.41, 5.74) is 2.83. The van der Waals surface area contributed by atoms with Gasteiger partial charge in [0.05, 0.1) is 5.03 Å². The molecule has 0 aliphatic heterocycles. The molecule has 0 bridgehead atoms. The molecule has 1 aromatic heterocycles. The molecule has 96 valence electrons. The molecule has 3 heteroatoms. The Morgan fingerprint density at radius 2 is 1.88 bits per heavy atom. The molecule has 0 aliphatic carbocycles. The van der Waals surface area contributed by atoms with Crippen LogP contribution in [0.4, 0.5) is 0 Å². The van der Waals surface area contributed by atoms with Gasteiger partial charge in [0.25, 0.3) is 0 Å². The first-order valence-corrected chi connectivity index (χ1v) is 8.30. The molecule has 0 aliphatic rings. The number of aryl methyl sites for hydroxylation is 2. The highest BCUT2D eigenvalue weighted by Gasteiger charge is 2.25. The molecule has 0 radical (unpaired) electrons. The summed E-state index contributed by atoms with van der Waals surface area (Å²) in [7, 11) is 0. The smallest absolute Gasteiger partial charge is 0.0965 e. The van der Waals surface area contributed by atoms with Crippen LogP contribution in [0.25, 0.3) is 0 Å². The molecule has 1 heterocycles. The molecule has 17 heavy (non-hydrogen) atoms. The Labute approximate surface area is 118 Å².